The number of nitrogens with two attached hydrogens (primary N) is 1. The summed E-state index contributed by atoms with van der Waals surface area (Å²) in [6.45, 7) is 0.229. The molecular formula is C14H16N4O4S. The van der Waals surface area contributed by atoms with Crippen LogP contribution in [0, 0.1) is 0 Å². The molecule has 2 heterocycles. The monoisotopic (exact) mass is 336 g/mol. The predicted molar refractivity (Wildman–Crippen MR) is 86.0 cm³/mol. The average molecular weight is 336 g/mol. The van der Waals surface area contributed by atoms with Crippen molar-refractivity contribution in [2.45, 2.75) is 11.3 Å². The summed E-state index contributed by atoms with van der Waals surface area (Å²) in [4.78, 5) is 23.6. The summed E-state index contributed by atoms with van der Waals surface area (Å²) in [5.74, 6) is -0.359. The van der Waals surface area contributed by atoms with Crippen molar-refractivity contribution in [1.29, 1.82) is 0 Å². The third-order valence-corrected chi connectivity index (χ3v) is 5.92. The highest BCUT2D eigenvalue weighted by Crippen LogP contribution is 2.32. The quantitative estimate of drug-likeness (QED) is 0.789. The molecule has 0 saturated carbocycles. The van der Waals surface area contributed by atoms with Gasteiger partial charge in [-0.15, -0.1) is 0 Å². The lowest BCUT2D eigenvalue weighted by atomic mass is 10.2. The van der Waals surface area contributed by atoms with Crippen LogP contribution in [0.2, 0.25) is 0 Å². The van der Waals surface area contributed by atoms with Gasteiger partial charge in [-0.1, -0.05) is 18.2 Å². The molecule has 1 aliphatic rings. The van der Waals surface area contributed by atoms with E-state index in [1.54, 1.807) is 12.1 Å². The van der Waals surface area contributed by atoms with Crippen LogP contribution in [-0.4, -0.2) is 24.1 Å². The Morgan fingerprint density at radius 2 is 1.74 bits per heavy atom. The van der Waals surface area contributed by atoms with E-state index in [-0.39, 0.29) is 12.4 Å². The van der Waals surface area contributed by atoms with Gasteiger partial charge in [-0.2, -0.15) is 0 Å². The second-order valence-corrected chi connectivity index (χ2v) is 7.18. The number of rotatable bonds is 2. The lowest BCUT2D eigenvalue weighted by molar-refractivity contribution is 0.583. The first-order chi connectivity index (χ1) is 10.8. The largest absolute Gasteiger partial charge is 0.384 e. The van der Waals surface area contributed by atoms with Crippen LogP contribution in [0.15, 0.2) is 38.8 Å². The first-order valence-electron chi connectivity index (χ1n) is 6.93. The molecule has 0 amide bonds. The van der Waals surface area contributed by atoms with Crippen molar-refractivity contribution >= 4 is 21.5 Å². The molecule has 8 nitrogen and oxygen atoms in total. The second kappa shape index (κ2) is 4.98. The van der Waals surface area contributed by atoms with E-state index in [1.165, 1.54) is 18.4 Å². The number of sulfonamides is 1. The van der Waals surface area contributed by atoms with Crippen molar-refractivity contribution in [1.82, 2.24) is 9.13 Å². The molecule has 1 aliphatic heterocycles. The van der Waals surface area contributed by atoms with E-state index < -0.39 is 26.2 Å². The average Bonchev–Trinajstić information content (AvgIpc) is 2.96. The highest BCUT2D eigenvalue weighted by Gasteiger charge is 2.35. The molecule has 1 aromatic carbocycles. The lowest BCUT2D eigenvalue weighted by Crippen LogP contribution is -2.44. The van der Waals surface area contributed by atoms with Crippen molar-refractivity contribution in [3.63, 3.8) is 0 Å². The van der Waals surface area contributed by atoms with Crippen molar-refractivity contribution in [2.75, 3.05) is 16.6 Å². The predicted octanol–water partition coefficient (Wildman–Crippen LogP) is -0.582. The molecule has 0 aliphatic carbocycles. The Labute approximate surface area is 132 Å². The van der Waals surface area contributed by atoms with Gasteiger partial charge in [0.2, 0.25) is 0 Å². The number of fused-ring (bicyclic) bond motifs is 1. The molecular weight excluding hydrogens is 320 g/mol. The molecule has 2 aromatic rings. The molecule has 0 saturated heterocycles. The Morgan fingerprint density at radius 1 is 1.09 bits per heavy atom. The molecule has 0 atom stereocenters. The Bertz CT molecular complexity index is 1020. The second-order valence-electron chi connectivity index (χ2n) is 5.38. The van der Waals surface area contributed by atoms with Crippen molar-refractivity contribution in [3.05, 3.63) is 50.7 Å². The third-order valence-electron chi connectivity index (χ3n) is 4.06. The van der Waals surface area contributed by atoms with Crippen LogP contribution in [0.3, 0.4) is 0 Å². The molecule has 0 unspecified atom stereocenters. The van der Waals surface area contributed by atoms with Crippen LogP contribution in [-0.2, 0) is 30.5 Å². The van der Waals surface area contributed by atoms with E-state index in [0.29, 0.717) is 12.1 Å². The fourth-order valence-electron chi connectivity index (χ4n) is 2.74. The SMILES string of the molecule is Cn1c(N)c(S(=O)(=O)N2CCc3ccccc32)c(=O)n(C)c1=O. The number of hydrogen-bond acceptors (Lipinski definition) is 5. The van der Waals surface area contributed by atoms with Gasteiger partial charge in [0.25, 0.3) is 15.6 Å². The topological polar surface area (TPSA) is 107 Å². The summed E-state index contributed by atoms with van der Waals surface area (Å²) < 4.78 is 28.8. The maximum atomic E-state index is 13.0. The number of benzene rings is 1. The summed E-state index contributed by atoms with van der Waals surface area (Å²) in [5, 5.41) is 0. The van der Waals surface area contributed by atoms with Gasteiger partial charge in [0.15, 0.2) is 4.90 Å². The molecule has 122 valence electrons. The van der Waals surface area contributed by atoms with E-state index >= 15 is 0 Å². The number of aromatic nitrogens is 2. The number of hydrogen-bond donors (Lipinski definition) is 1. The van der Waals surface area contributed by atoms with Gasteiger partial charge in [0.05, 0.1) is 5.69 Å². The summed E-state index contributed by atoms with van der Waals surface area (Å²) >= 11 is 0. The van der Waals surface area contributed by atoms with Gasteiger partial charge < -0.3 is 5.73 Å². The Balaban J connectivity index is 2.28. The normalized spacial score (nSPS) is 14.1. The van der Waals surface area contributed by atoms with Crippen LogP contribution >= 0.6 is 0 Å². The zero-order chi connectivity index (χ0) is 16.9. The molecule has 9 heteroatoms. The zero-order valence-corrected chi connectivity index (χ0v) is 13.5. The molecule has 0 spiro atoms. The van der Waals surface area contributed by atoms with Crippen LogP contribution in [0.1, 0.15) is 5.56 Å². The zero-order valence-electron chi connectivity index (χ0n) is 12.7. The molecule has 1 aromatic heterocycles. The van der Waals surface area contributed by atoms with Crippen LogP contribution in [0.25, 0.3) is 0 Å². The Morgan fingerprint density at radius 3 is 2.43 bits per heavy atom. The molecule has 3 rings (SSSR count). The van der Waals surface area contributed by atoms with E-state index in [2.05, 4.69) is 0 Å². The Kier molecular flexibility index (Phi) is 3.33. The van der Waals surface area contributed by atoms with Gasteiger partial charge in [0, 0.05) is 20.6 Å². The molecule has 0 radical (unpaired) electrons. The summed E-state index contributed by atoms with van der Waals surface area (Å²) in [6.07, 6.45) is 0.557. The lowest BCUT2D eigenvalue weighted by Gasteiger charge is -2.21. The molecule has 2 N–H and O–H groups in total. The minimum absolute atomic E-state index is 0.229. The van der Waals surface area contributed by atoms with Gasteiger partial charge in [-0.3, -0.25) is 18.2 Å². The van der Waals surface area contributed by atoms with E-state index in [0.717, 1.165) is 14.7 Å². The highest BCUT2D eigenvalue weighted by atomic mass is 32.2. The van der Waals surface area contributed by atoms with Gasteiger partial charge in [0.1, 0.15) is 5.82 Å². The fraction of sp³-hybridized carbons (Fsp3) is 0.286. The van der Waals surface area contributed by atoms with Gasteiger partial charge in [-0.25, -0.2) is 13.2 Å². The van der Waals surface area contributed by atoms with Crippen LogP contribution < -0.4 is 21.3 Å². The van der Waals surface area contributed by atoms with Gasteiger partial charge in [-0.05, 0) is 18.1 Å². The fourth-order valence-corrected chi connectivity index (χ4v) is 4.49. The van der Waals surface area contributed by atoms with Crippen LogP contribution in [0.5, 0.6) is 0 Å². The highest BCUT2D eigenvalue weighted by molar-refractivity contribution is 7.93. The molecule has 0 fully saturated rings. The van der Waals surface area contributed by atoms with E-state index in [4.69, 9.17) is 5.73 Å². The van der Waals surface area contributed by atoms with Gasteiger partial charge >= 0.3 is 5.69 Å². The first kappa shape index (κ1) is 15.3. The molecule has 0 bridgehead atoms. The summed E-state index contributed by atoms with van der Waals surface area (Å²) in [7, 11) is -1.61. The van der Waals surface area contributed by atoms with Crippen molar-refractivity contribution < 1.29 is 8.42 Å². The maximum absolute atomic E-state index is 13.0. The third kappa shape index (κ3) is 2.07. The van der Waals surface area contributed by atoms with Crippen LogP contribution in [0.4, 0.5) is 11.5 Å². The van der Waals surface area contributed by atoms with E-state index in [1.807, 2.05) is 12.1 Å². The maximum Gasteiger partial charge on any atom is 0.332 e. The minimum Gasteiger partial charge on any atom is -0.384 e. The smallest absolute Gasteiger partial charge is 0.332 e. The molecule has 23 heavy (non-hydrogen) atoms. The number of nitrogens with zero attached hydrogens (tertiary/aromatic N) is 3. The number of anilines is 2. The number of nitrogen functional groups attached to an aromatic ring is 1. The number of para-hydroxylation sites is 1. The summed E-state index contributed by atoms with van der Waals surface area (Å²) in [5.41, 5.74) is 5.59. The first-order valence-corrected chi connectivity index (χ1v) is 8.37. The van der Waals surface area contributed by atoms with Crippen molar-refractivity contribution in [2.24, 2.45) is 14.1 Å². The minimum atomic E-state index is -4.16. The Hall–Kier alpha value is -2.55. The summed E-state index contributed by atoms with van der Waals surface area (Å²) in [6, 6.07) is 7.08. The standard InChI is InChI=1S/C14H16N4O4S/c1-16-12(15)11(13(19)17(2)14(16)20)23(21,22)18-8-7-9-5-3-4-6-10(9)18/h3-6H,7-8,15H2,1-2H3. The van der Waals surface area contributed by atoms with Crippen molar-refractivity contribution in [3.8, 4) is 0 Å². The van der Waals surface area contributed by atoms with E-state index in [9.17, 15) is 18.0 Å².